The van der Waals surface area contributed by atoms with Gasteiger partial charge in [0, 0.05) is 35.2 Å². The van der Waals surface area contributed by atoms with E-state index in [2.05, 4.69) is 22.6 Å². The highest BCUT2D eigenvalue weighted by Crippen LogP contribution is 2.40. The fourth-order valence-electron chi connectivity index (χ4n) is 4.21. The Morgan fingerprint density at radius 3 is 2.16 bits per heavy atom. The van der Waals surface area contributed by atoms with Crippen molar-refractivity contribution in [3.63, 3.8) is 0 Å². The highest BCUT2D eigenvalue weighted by atomic mass is 127. The second kappa shape index (κ2) is 8.46. The van der Waals surface area contributed by atoms with E-state index < -0.39 is 30.1 Å². The number of carbonyl (C=O) groups excluding carboxylic acids is 2. The Hall–Kier alpha value is -1.49. The van der Waals surface area contributed by atoms with E-state index in [9.17, 15) is 18.4 Å². The van der Waals surface area contributed by atoms with Crippen LogP contribution in [0.25, 0.3) is 0 Å². The van der Waals surface area contributed by atoms with Gasteiger partial charge in [-0.3, -0.25) is 0 Å². The number of hydrogen-bond donors (Lipinski definition) is 0. The van der Waals surface area contributed by atoms with Gasteiger partial charge in [-0.2, -0.15) is 0 Å². The minimum atomic E-state index is -2.82. The van der Waals surface area contributed by atoms with Gasteiger partial charge < -0.3 is 19.3 Å². The smallest absolute Gasteiger partial charge is 0.339 e. The molecule has 2 aliphatic heterocycles. The van der Waals surface area contributed by atoms with Crippen LogP contribution in [0.2, 0.25) is 0 Å². The first-order chi connectivity index (χ1) is 14.3. The number of fused-ring (bicyclic) bond motifs is 1. The predicted octanol–water partition coefficient (Wildman–Crippen LogP) is 4.71. The van der Waals surface area contributed by atoms with Crippen LogP contribution < -0.4 is 0 Å². The average Bonchev–Trinajstić information content (AvgIpc) is 3.27. The van der Waals surface area contributed by atoms with Gasteiger partial charge in [0.25, 0.3) is 5.92 Å². The van der Waals surface area contributed by atoms with Crippen LogP contribution in [-0.2, 0) is 27.4 Å². The Balaban J connectivity index is 1.97. The van der Waals surface area contributed by atoms with Gasteiger partial charge >= 0.3 is 12.0 Å². The summed E-state index contributed by atoms with van der Waals surface area (Å²) in [5.74, 6) is -3.31. The van der Waals surface area contributed by atoms with Crippen LogP contribution in [0.1, 0.15) is 61.1 Å². The largest absolute Gasteiger partial charge is 0.467 e. The molecule has 3 rings (SSSR count). The number of hydrogen-bond acceptors (Lipinski definition) is 4. The molecule has 1 fully saturated rings. The SMILES string of the molecule is COC(=O)[C@@H](OC(C)(C)C)c1c(C)c2c(c(C)c1I)CN(C(=O)N1CCC(F)(F)C1)C2. The number of benzene rings is 1. The number of nitrogens with zero attached hydrogens (tertiary/aromatic N) is 2. The molecule has 0 aliphatic carbocycles. The van der Waals surface area contributed by atoms with Crippen LogP contribution in [0.4, 0.5) is 13.6 Å². The Kier molecular flexibility index (Phi) is 6.59. The zero-order valence-electron chi connectivity index (χ0n) is 18.8. The quantitative estimate of drug-likeness (QED) is 0.404. The number of urea groups is 1. The van der Waals surface area contributed by atoms with Gasteiger partial charge in [-0.25, -0.2) is 18.4 Å². The molecular formula is C22H29F2IN2O4. The maximum absolute atomic E-state index is 13.6. The van der Waals surface area contributed by atoms with E-state index in [1.165, 1.54) is 12.0 Å². The monoisotopic (exact) mass is 550 g/mol. The minimum Gasteiger partial charge on any atom is -0.467 e. The number of amides is 2. The van der Waals surface area contributed by atoms with Crippen LogP contribution in [0, 0.1) is 17.4 Å². The molecule has 0 unspecified atom stereocenters. The van der Waals surface area contributed by atoms with Crippen molar-refractivity contribution in [1.82, 2.24) is 9.80 Å². The second-order valence-corrected chi connectivity index (χ2v) is 10.3. The molecule has 1 atom stereocenters. The zero-order chi connectivity index (χ0) is 23.3. The van der Waals surface area contributed by atoms with Gasteiger partial charge in [0.1, 0.15) is 0 Å². The van der Waals surface area contributed by atoms with Crippen molar-refractivity contribution in [2.24, 2.45) is 0 Å². The van der Waals surface area contributed by atoms with Crippen molar-refractivity contribution in [3.8, 4) is 0 Å². The second-order valence-electron chi connectivity index (χ2n) is 9.23. The van der Waals surface area contributed by atoms with E-state index in [0.29, 0.717) is 13.1 Å². The molecule has 0 saturated carbocycles. The lowest BCUT2D eigenvalue weighted by Crippen LogP contribution is -2.40. The predicted molar refractivity (Wildman–Crippen MR) is 120 cm³/mol. The lowest BCUT2D eigenvalue weighted by atomic mass is 9.91. The molecule has 2 amide bonds. The van der Waals surface area contributed by atoms with Crippen LogP contribution in [0.3, 0.4) is 0 Å². The maximum atomic E-state index is 13.6. The van der Waals surface area contributed by atoms with Gasteiger partial charge in [-0.1, -0.05) is 0 Å². The standard InChI is InChI=1S/C22H29F2IN2O4/c1-12-14-9-27(20(29)26-8-7-22(23,24)11-26)10-15(14)13(2)17(25)16(12)18(19(28)30-6)31-21(3,4)5/h18H,7-11H2,1-6H3/t18-/m0/s1. The summed E-state index contributed by atoms with van der Waals surface area (Å²) in [6, 6.07) is -0.376. The van der Waals surface area contributed by atoms with E-state index in [4.69, 9.17) is 9.47 Å². The number of alkyl halides is 2. The summed E-state index contributed by atoms with van der Waals surface area (Å²) in [5.41, 5.74) is 3.93. The molecule has 0 spiro atoms. The Morgan fingerprint density at radius 2 is 1.68 bits per heavy atom. The Bertz CT molecular complexity index is 914. The van der Waals surface area contributed by atoms with Crippen molar-refractivity contribution in [3.05, 3.63) is 31.4 Å². The summed E-state index contributed by atoms with van der Waals surface area (Å²) in [4.78, 5) is 28.3. The molecular weight excluding hydrogens is 521 g/mol. The molecule has 1 saturated heterocycles. The first kappa shape index (κ1) is 24.2. The van der Waals surface area contributed by atoms with Gasteiger partial charge in [-0.15, -0.1) is 0 Å². The summed E-state index contributed by atoms with van der Waals surface area (Å²) >= 11 is 2.21. The molecule has 31 heavy (non-hydrogen) atoms. The van der Waals surface area contributed by atoms with Gasteiger partial charge in [0.2, 0.25) is 0 Å². The number of halogens is 3. The molecule has 0 aromatic heterocycles. The molecule has 1 aromatic carbocycles. The van der Waals surface area contributed by atoms with E-state index in [0.717, 1.165) is 31.4 Å². The number of rotatable bonds is 3. The van der Waals surface area contributed by atoms with Crippen molar-refractivity contribution in [1.29, 1.82) is 0 Å². The lowest BCUT2D eigenvalue weighted by molar-refractivity contribution is -0.164. The van der Waals surface area contributed by atoms with Crippen molar-refractivity contribution in [2.45, 2.75) is 71.8 Å². The third-order valence-electron chi connectivity index (χ3n) is 5.80. The molecule has 2 aliphatic rings. The summed E-state index contributed by atoms with van der Waals surface area (Å²) in [6.07, 6.45) is -1.20. The number of ether oxygens (including phenoxy) is 2. The highest BCUT2D eigenvalue weighted by Gasteiger charge is 2.43. The molecule has 0 N–H and O–H groups in total. The average molecular weight is 550 g/mol. The fraction of sp³-hybridized carbons (Fsp3) is 0.636. The lowest BCUT2D eigenvalue weighted by Gasteiger charge is -2.29. The number of carbonyl (C=O) groups is 2. The van der Waals surface area contributed by atoms with E-state index in [1.807, 2.05) is 34.6 Å². The maximum Gasteiger partial charge on any atom is 0.339 e. The molecule has 6 nitrogen and oxygen atoms in total. The van der Waals surface area contributed by atoms with Gasteiger partial charge in [0.15, 0.2) is 6.10 Å². The van der Waals surface area contributed by atoms with Gasteiger partial charge in [-0.05, 0) is 79.5 Å². The summed E-state index contributed by atoms with van der Waals surface area (Å²) < 4.78 is 39.2. The summed E-state index contributed by atoms with van der Waals surface area (Å²) in [5, 5.41) is 0. The summed E-state index contributed by atoms with van der Waals surface area (Å²) in [7, 11) is 1.33. The first-order valence-electron chi connectivity index (χ1n) is 10.2. The van der Waals surface area contributed by atoms with Crippen LogP contribution in [0.5, 0.6) is 0 Å². The topological polar surface area (TPSA) is 59.1 Å². The van der Waals surface area contributed by atoms with E-state index in [-0.39, 0.29) is 19.0 Å². The Labute approximate surface area is 195 Å². The molecule has 2 heterocycles. The molecule has 9 heteroatoms. The molecule has 172 valence electrons. The van der Waals surface area contributed by atoms with Crippen LogP contribution in [0.15, 0.2) is 0 Å². The van der Waals surface area contributed by atoms with Crippen LogP contribution >= 0.6 is 22.6 Å². The third-order valence-corrected chi connectivity index (χ3v) is 7.19. The van der Waals surface area contributed by atoms with Crippen LogP contribution in [-0.4, -0.2) is 53.5 Å². The molecule has 1 aromatic rings. The number of esters is 1. The fourth-order valence-corrected chi connectivity index (χ4v) is 5.22. The van der Waals surface area contributed by atoms with E-state index in [1.54, 1.807) is 4.90 Å². The van der Waals surface area contributed by atoms with Gasteiger partial charge in [0.05, 0.1) is 19.3 Å². The molecule has 0 bridgehead atoms. The third kappa shape index (κ3) is 4.81. The van der Waals surface area contributed by atoms with E-state index >= 15 is 0 Å². The molecule has 0 radical (unpaired) electrons. The minimum absolute atomic E-state index is 0.0588. The van der Waals surface area contributed by atoms with Crippen molar-refractivity contribution >= 4 is 34.6 Å². The zero-order valence-corrected chi connectivity index (χ0v) is 20.9. The highest BCUT2D eigenvalue weighted by molar-refractivity contribution is 14.1. The summed E-state index contributed by atoms with van der Waals surface area (Å²) in [6.45, 7) is 9.68. The number of methoxy groups -OCH3 is 1. The Morgan fingerprint density at radius 1 is 1.10 bits per heavy atom. The van der Waals surface area contributed by atoms with Crippen molar-refractivity contribution in [2.75, 3.05) is 20.2 Å². The normalized spacial score (nSPS) is 18.9. The first-order valence-corrected chi connectivity index (χ1v) is 11.3. The number of likely N-dealkylation sites (tertiary alicyclic amines) is 1. The van der Waals surface area contributed by atoms with Crippen molar-refractivity contribution < 1.29 is 27.8 Å².